The van der Waals surface area contributed by atoms with Gasteiger partial charge in [0.15, 0.2) is 6.29 Å². The largest absolute Gasteiger partial charge is 0.394 e. The first-order valence-electron chi connectivity index (χ1n) is 7.84. The number of rotatable bonds is 6. The summed E-state index contributed by atoms with van der Waals surface area (Å²) in [6, 6.07) is 0. The fraction of sp³-hybridized carbons (Fsp3) is 1.00. The predicted molar refractivity (Wildman–Crippen MR) is 78.9 cm³/mol. The summed E-state index contributed by atoms with van der Waals surface area (Å²) in [4.78, 5) is 1.74. The Hall–Kier alpha value is -0.400. The average molecular weight is 353 g/mol. The van der Waals surface area contributed by atoms with Crippen molar-refractivity contribution in [1.82, 2.24) is 4.90 Å². The molecule has 2 rings (SSSR count). The Morgan fingerprint density at radius 1 is 1.12 bits per heavy atom. The van der Waals surface area contributed by atoms with Crippen molar-refractivity contribution < 1.29 is 44.8 Å². The van der Waals surface area contributed by atoms with Crippen LogP contribution in [-0.2, 0) is 14.2 Å². The molecule has 10 heteroatoms. The number of ether oxygens (including phenoxy) is 3. The maximum Gasteiger partial charge on any atom is 0.187 e. The minimum atomic E-state index is -1.58. The lowest BCUT2D eigenvalue weighted by molar-refractivity contribution is -0.319. The molecule has 0 amide bonds. The maximum absolute atomic E-state index is 10.2. The normalized spacial score (nSPS) is 44.9. The summed E-state index contributed by atoms with van der Waals surface area (Å²) in [5, 5.41) is 59.0. The maximum atomic E-state index is 10.2. The van der Waals surface area contributed by atoms with E-state index in [2.05, 4.69) is 0 Å². The first-order valence-corrected chi connectivity index (χ1v) is 7.84. The van der Waals surface area contributed by atoms with Gasteiger partial charge in [0, 0.05) is 6.54 Å². The molecule has 6 N–H and O–H groups in total. The molecule has 0 radical (unpaired) electrons. The molecule has 0 aromatic rings. The third kappa shape index (κ3) is 4.22. The molecule has 2 fully saturated rings. The van der Waals surface area contributed by atoms with Crippen molar-refractivity contribution in [3.8, 4) is 0 Å². The Balaban J connectivity index is 2.06. The molecule has 24 heavy (non-hydrogen) atoms. The van der Waals surface area contributed by atoms with E-state index in [9.17, 15) is 30.6 Å². The van der Waals surface area contributed by atoms with E-state index in [0.717, 1.165) is 0 Å². The van der Waals surface area contributed by atoms with Crippen molar-refractivity contribution in [2.24, 2.45) is 0 Å². The van der Waals surface area contributed by atoms with Crippen molar-refractivity contribution in [3.63, 3.8) is 0 Å². The van der Waals surface area contributed by atoms with Gasteiger partial charge < -0.3 is 49.7 Å². The van der Waals surface area contributed by atoms with E-state index >= 15 is 0 Å². The number of aliphatic hydroxyl groups is 6. The molecule has 2 aliphatic rings. The van der Waals surface area contributed by atoms with Crippen LogP contribution in [0.25, 0.3) is 0 Å². The Morgan fingerprint density at radius 3 is 2.38 bits per heavy atom. The van der Waals surface area contributed by atoms with Crippen LogP contribution >= 0.6 is 0 Å². The smallest absolute Gasteiger partial charge is 0.187 e. The van der Waals surface area contributed by atoms with Crippen LogP contribution in [0.4, 0.5) is 0 Å². The molecule has 142 valence electrons. The number of aliphatic hydroxyl groups excluding tert-OH is 6. The molecular weight excluding hydrogens is 326 g/mol. The summed E-state index contributed by atoms with van der Waals surface area (Å²) in [6.07, 6.45) is -11.0. The van der Waals surface area contributed by atoms with Crippen LogP contribution in [0.5, 0.6) is 0 Å². The zero-order valence-electron chi connectivity index (χ0n) is 13.7. The number of likely N-dealkylation sites (N-methyl/N-ethyl adjacent to an activating group) is 1. The lowest BCUT2D eigenvalue weighted by Crippen LogP contribution is -2.60. The summed E-state index contributed by atoms with van der Waals surface area (Å²) in [5.74, 6) is 0. The van der Waals surface area contributed by atoms with Gasteiger partial charge in [-0.15, -0.1) is 0 Å². The number of hydrogen-bond donors (Lipinski definition) is 6. The Bertz CT molecular complexity index is 396. The Kier molecular flexibility index (Phi) is 6.90. The Labute approximate surface area is 139 Å². The van der Waals surface area contributed by atoms with E-state index in [-0.39, 0.29) is 13.2 Å². The summed E-state index contributed by atoms with van der Waals surface area (Å²) in [5.41, 5.74) is 0. The molecule has 0 aliphatic carbocycles. The minimum absolute atomic E-state index is 0.0583. The molecule has 0 spiro atoms. The SMILES string of the molecule is CN(C)C[C@@H](O)[C@@H]1OC[C@H](O)[C@H]1OC1O[C@H](CO)[C@H](O)[C@H](O)[C@H]1O. The average Bonchev–Trinajstić information content (AvgIpc) is 2.88. The van der Waals surface area contributed by atoms with E-state index in [1.165, 1.54) is 0 Å². The zero-order chi connectivity index (χ0) is 18.0. The summed E-state index contributed by atoms with van der Waals surface area (Å²) in [7, 11) is 3.53. The van der Waals surface area contributed by atoms with E-state index in [0.29, 0.717) is 0 Å². The van der Waals surface area contributed by atoms with Crippen LogP contribution in [0, 0.1) is 0 Å². The van der Waals surface area contributed by atoms with Crippen LogP contribution < -0.4 is 0 Å². The summed E-state index contributed by atoms with van der Waals surface area (Å²) in [6.45, 7) is -0.371. The van der Waals surface area contributed by atoms with Crippen molar-refractivity contribution in [1.29, 1.82) is 0 Å². The second-order valence-electron chi connectivity index (χ2n) is 6.49. The molecule has 0 aromatic carbocycles. The van der Waals surface area contributed by atoms with Gasteiger partial charge in [-0.2, -0.15) is 0 Å². The molecule has 2 saturated heterocycles. The molecule has 2 aliphatic heterocycles. The van der Waals surface area contributed by atoms with Gasteiger partial charge in [-0.3, -0.25) is 0 Å². The lowest BCUT2D eigenvalue weighted by atomic mass is 9.99. The first kappa shape index (κ1) is 19.9. The number of nitrogens with zero attached hydrogens (tertiary/aromatic N) is 1. The molecule has 1 unspecified atom stereocenters. The van der Waals surface area contributed by atoms with Gasteiger partial charge in [-0.1, -0.05) is 0 Å². The van der Waals surface area contributed by atoms with Crippen molar-refractivity contribution in [2.45, 2.75) is 55.1 Å². The Morgan fingerprint density at radius 2 is 1.79 bits per heavy atom. The molecular formula is C14H27NO9. The standard InChI is InChI=1S/C14H27NO9/c1-15(2)3-6(17)12-13(7(18)5-22-12)24-14-11(21)10(20)9(19)8(4-16)23-14/h6-14,16-21H,3-5H2,1-2H3/t6-,7+,8-,9+,10+,11-,12+,13-,14?/m1/s1. The van der Waals surface area contributed by atoms with Gasteiger partial charge in [-0.25, -0.2) is 0 Å². The van der Waals surface area contributed by atoms with Crippen LogP contribution in [0.3, 0.4) is 0 Å². The minimum Gasteiger partial charge on any atom is -0.394 e. The highest BCUT2D eigenvalue weighted by Crippen LogP contribution is 2.28. The molecule has 10 nitrogen and oxygen atoms in total. The van der Waals surface area contributed by atoms with E-state index < -0.39 is 61.7 Å². The zero-order valence-corrected chi connectivity index (χ0v) is 13.7. The summed E-state index contributed by atoms with van der Waals surface area (Å²) < 4.78 is 16.2. The lowest BCUT2D eigenvalue weighted by Gasteiger charge is -2.41. The fourth-order valence-corrected chi connectivity index (χ4v) is 2.93. The molecule has 0 bridgehead atoms. The molecule has 0 saturated carbocycles. The van der Waals surface area contributed by atoms with Crippen LogP contribution in [0.15, 0.2) is 0 Å². The van der Waals surface area contributed by atoms with Crippen LogP contribution in [-0.4, -0.2) is 125 Å². The van der Waals surface area contributed by atoms with Gasteiger partial charge in [0.25, 0.3) is 0 Å². The van der Waals surface area contributed by atoms with E-state index in [4.69, 9.17) is 14.2 Å². The van der Waals surface area contributed by atoms with Gasteiger partial charge >= 0.3 is 0 Å². The highest BCUT2D eigenvalue weighted by molar-refractivity contribution is 4.94. The molecule has 9 atom stereocenters. The van der Waals surface area contributed by atoms with Crippen molar-refractivity contribution in [2.75, 3.05) is 33.9 Å². The highest BCUT2D eigenvalue weighted by Gasteiger charge is 2.49. The second kappa shape index (κ2) is 8.32. The highest BCUT2D eigenvalue weighted by atomic mass is 16.7. The third-order valence-corrected chi connectivity index (χ3v) is 4.23. The third-order valence-electron chi connectivity index (χ3n) is 4.23. The van der Waals surface area contributed by atoms with Crippen molar-refractivity contribution >= 4 is 0 Å². The quantitative estimate of drug-likeness (QED) is 0.277. The monoisotopic (exact) mass is 353 g/mol. The van der Waals surface area contributed by atoms with Gasteiger partial charge in [0.1, 0.15) is 42.7 Å². The van der Waals surface area contributed by atoms with E-state index in [1.807, 2.05) is 0 Å². The molecule has 0 aromatic heterocycles. The van der Waals surface area contributed by atoms with Crippen molar-refractivity contribution in [3.05, 3.63) is 0 Å². The van der Waals surface area contributed by atoms with E-state index in [1.54, 1.807) is 19.0 Å². The van der Waals surface area contributed by atoms with Gasteiger partial charge in [-0.05, 0) is 14.1 Å². The van der Waals surface area contributed by atoms with Crippen LogP contribution in [0.2, 0.25) is 0 Å². The summed E-state index contributed by atoms with van der Waals surface area (Å²) >= 11 is 0. The van der Waals surface area contributed by atoms with Gasteiger partial charge in [0.2, 0.25) is 0 Å². The van der Waals surface area contributed by atoms with Crippen LogP contribution in [0.1, 0.15) is 0 Å². The topological polar surface area (TPSA) is 152 Å². The number of hydrogen-bond acceptors (Lipinski definition) is 10. The fourth-order valence-electron chi connectivity index (χ4n) is 2.93. The van der Waals surface area contributed by atoms with Gasteiger partial charge in [0.05, 0.1) is 19.3 Å². The second-order valence-corrected chi connectivity index (χ2v) is 6.49. The first-order chi connectivity index (χ1) is 11.3. The molecule has 2 heterocycles. The predicted octanol–water partition coefficient (Wildman–Crippen LogP) is -4.15.